The van der Waals surface area contributed by atoms with Gasteiger partial charge in [0.2, 0.25) is 0 Å². The van der Waals surface area contributed by atoms with Crippen molar-refractivity contribution < 1.29 is 4.42 Å². The van der Waals surface area contributed by atoms with Crippen molar-refractivity contribution in [2.45, 2.75) is 0 Å². The van der Waals surface area contributed by atoms with E-state index in [4.69, 9.17) is 4.42 Å². The predicted molar refractivity (Wildman–Crippen MR) is 73.1 cm³/mol. The van der Waals surface area contributed by atoms with Crippen molar-refractivity contribution in [3.05, 3.63) is 83.5 Å². The number of hydrogen-bond acceptors (Lipinski definition) is 1. The summed E-state index contributed by atoms with van der Waals surface area (Å²) < 4.78 is 5.92. The van der Waals surface area contributed by atoms with E-state index in [9.17, 15) is 0 Å². The fraction of sp³-hybridized carbons (Fsp3) is 0. The molecule has 0 N–H and O–H groups in total. The first-order valence-electron chi connectivity index (χ1n) is 6.05. The Morgan fingerprint density at radius 2 is 1.61 bits per heavy atom. The predicted octanol–water partition coefficient (Wildman–Crippen LogP) is 4.43. The van der Waals surface area contributed by atoms with Gasteiger partial charge in [0.1, 0.15) is 11.3 Å². The normalized spacial score (nSPS) is 14.2. The van der Waals surface area contributed by atoms with Crippen LogP contribution in [0.1, 0.15) is 16.9 Å². The standard InChI is InChI=1S/C17H11O/c1-3-7-14-12(5-1)9-10-15(14)17-11-13-6-2-4-8-16(13)18-17/h1-11H. The molecular formula is C17H11O. The highest BCUT2D eigenvalue weighted by Crippen LogP contribution is 2.36. The Morgan fingerprint density at radius 1 is 0.778 bits per heavy atom. The number of rotatable bonds is 1. The zero-order valence-electron chi connectivity index (χ0n) is 9.76. The van der Waals surface area contributed by atoms with Gasteiger partial charge in [-0.3, -0.25) is 0 Å². The summed E-state index contributed by atoms with van der Waals surface area (Å²) >= 11 is 0. The van der Waals surface area contributed by atoms with Crippen molar-refractivity contribution in [1.82, 2.24) is 0 Å². The lowest BCUT2D eigenvalue weighted by Crippen LogP contribution is -1.94. The van der Waals surface area contributed by atoms with Gasteiger partial charge in [-0.1, -0.05) is 54.6 Å². The third kappa shape index (κ3) is 1.34. The Balaban J connectivity index is 1.87. The summed E-state index contributed by atoms with van der Waals surface area (Å²) in [5, 5.41) is 1.15. The Bertz CT molecular complexity index is 716. The molecule has 18 heavy (non-hydrogen) atoms. The summed E-state index contributed by atoms with van der Waals surface area (Å²) in [7, 11) is 0. The minimum atomic E-state index is 0.942. The minimum absolute atomic E-state index is 0.942. The van der Waals surface area contributed by atoms with Crippen LogP contribution in [0.3, 0.4) is 0 Å². The maximum Gasteiger partial charge on any atom is 0.134 e. The highest BCUT2D eigenvalue weighted by molar-refractivity contribution is 5.81. The average Bonchev–Trinajstić information content (AvgIpc) is 3.02. The van der Waals surface area contributed by atoms with Gasteiger partial charge in [0.15, 0.2) is 0 Å². The summed E-state index contributed by atoms with van der Waals surface area (Å²) in [5.41, 5.74) is 3.45. The van der Waals surface area contributed by atoms with Gasteiger partial charge in [-0.15, -0.1) is 0 Å². The smallest absolute Gasteiger partial charge is 0.134 e. The van der Waals surface area contributed by atoms with E-state index in [1.54, 1.807) is 0 Å². The first-order valence-corrected chi connectivity index (χ1v) is 6.05. The van der Waals surface area contributed by atoms with Crippen LogP contribution in [0.5, 0.6) is 0 Å². The Morgan fingerprint density at radius 3 is 2.56 bits per heavy atom. The molecule has 0 aliphatic heterocycles. The molecule has 1 radical (unpaired) electrons. The Kier molecular flexibility index (Phi) is 1.95. The maximum absolute atomic E-state index is 5.92. The lowest BCUT2D eigenvalue weighted by molar-refractivity contribution is 0.579. The molecule has 3 aromatic rings. The van der Waals surface area contributed by atoms with Crippen LogP contribution in [0.15, 0.2) is 65.1 Å². The van der Waals surface area contributed by atoms with E-state index in [2.05, 4.69) is 48.6 Å². The lowest BCUT2D eigenvalue weighted by Gasteiger charge is -2.06. The third-order valence-corrected chi connectivity index (χ3v) is 3.37. The molecule has 1 heteroatoms. The van der Waals surface area contributed by atoms with Gasteiger partial charge in [-0.05, 0) is 23.3 Å². The van der Waals surface area contributed by atoms with Crippen molar-refractivity contribution >= 4 is 17.0 Å². The third-order valence-electron chi connectivity index (χ3n) is 3.37. The number of fused-ring (bicyclic) bond motifs is 2. The zero-order chi connectivity index (χ0) is 11.9. The maximum atomic E-state index is 5.92. The van der Waals surface area contributed by atoms with Crippen LogP contribution in [0.25, 0.3) is 17.0 Å². The highest BCUT2D eigenvalue weighted by atomic mass is 16.3. The fourth-order valence-electron chi connectivity index (χ4n) is 2.48. The molecule has 1 heterocycles. The van der Waals surface area contributed by atoms with Crippen LogP contribution in [-0.4, -0.2) is 0 Å². The SMILES string of the molecule is C1=Cc2ccccc2[C]1c1cc2ccccc2o1. The van der Waals surface area contributed by atoms with Gasteiger partial charge in [-0.25, -0.2) is 0 Å². The van der Waals surface area contributed by atoms with E-state index in [1.807, 2.05) is 18.2 Å². The van der Waals surface area contributed by atoms with Crippen LogP contribution in [0.4, 0.5) is 0 Å². The molecule has 0 bridgehead atoms. The summed E-state index contributed by atoms with van der Waals surface area (Å²) in [6.07, 6.45) is 4.26. The van der Waals surface area contributed by atoms with Crippen LogP contribution >= 0.6 is 0 Å². The average molecular weight is 231 g/mol. The number of para-hydroxylation sites is 1. The van der Waals surface area contributed by atoms with E-state index in [0.717, 1.165) is 16.7 Å². The van der Waals surface area contributed by atoms with Crippen LogP contribution in [0, 0.1) is 5.92 Å². The van der Waals surface area contributed by atoms with Crippen molar-refractivity contribution in [2.75, 3.05) is 0 Å². The topological polar surface area (TPSA) is 13.1 Å². The first kappa shape index (κ1) is 9.72. The second-order valence-electron chi connectivity index (χ2n) is 4.48. The Labute approximate surface area is 105 Å². The Hall–Kier alpha value is -2.28. The number of benzene rings is 2. The van der Waals surface area contributed by atoms with E-state index < -0.39 is 0 Å². The molecule has 1 aliphatic carbocycles. The monoisotopic (exact) mass is 231 g/mol. The zero-order valence-corrected chi connectivity index (χ0v) is 9.76. The number of hydrogen-bond donors (Lipinski definition) is 0. The largest absolute Gasteiger partial charge is 0.460 e. The van der Waals surface area contributed by atoms with Crippen LogP contribution in [0.2, 0.25) is 0 Å². The molecule has 1 aromatic heterocycles. The van der Waals surface area contributed by atoms with Crippen LogP contribution in [-0.2, 0) is 0 Å². The van der Waals surface area contributed by atoms with E-state index in [0.29, 0.717) is 0 Å². The van der Waals surface area contributed by atoms with Crippen molar-refractivity contribution in [3.8, 4) is 0 Å². The van der Waals surface area contributed by atoms with Gasteiger partial charge in [0.05, 0.1) is 5.92 Å². The molecule has 0 saturated heterocycles. The molecule has 2 aromatic carbocycles. The first-order chi connectivity index (χ1) is 8.92. The van der Waals surface area contributed by atoms with Gasteiger partial charge in [0, 0.05) is 5.39 Å². The van der Waals surface area contributed by atoms with E-state index in [1.165, 1.54) is 17.0 Å². The fourth-order valence-corrected chi connectivity index (χ4v) is 2.48. The molecule has 0 saturated carbocycles. The summed E-state index contributed by atoms with van der Waals surface area (Å²) in [4.78, 5) is 0. The molecule has 4 rings (SSSR count). The summed E-state index contributed by atoms with van der Waals surface area (Å²) in [5.74, 6) is 2.11. The minimum Gasteiger partial charge on any atom is -0.460 e. The van der Waals surface area contributed by atoms with Gasteiger partial charge in [-0.2, -0.15) is 0 Å². The molecule has 0 fully saturated rings. The van der Waals surface area contributed by atoms with Gasteiger partial charge in [0.25, 0.3) is 0 Å². The quantitative estimate of drug-likeness (QED) is 0.603. The van der Waals surface area contributed by atoms with E-state index in [-0.39, 0.29) is 0 Å². The number of allylic oxidation sites excluding steroid dienone is 1. The number of furan rings is 1. The second-order valence-corrected chi connectivity index (χ2v) is 4.48. The molecule has 85 valence electrons. The van der Waals surface area contributed by atoms with Crippen molar-refractivity contribution in [1.29, 1.82) is 0 Å². The molecule has 0 amide bonds. The van der Waals surface area contributed by atoms with Gasteiger partial charge >= 0.3 is 0 Å². The van der Waals surface area contributed by atoms with Gasteiger partial charge < -0.3 is 4.42 Å². The molecule has 1 aliphatic rings. The molecular weight excluding hydrogens is 220 g/mol. The molecule has 0 atom stereocenters. The van der Waals surface area contributed by atoms with Crippen molar-refractivity contribution in [3.63, 3.8) is 0 Å². The van der Waals surface area contributed by atoms with E-state index >= 15 is 0 Å². The molecule has 0 unspecified atom stereocenters. The summed E-state index contributed by atoms with van der Waals surface area (Å²) in [6.45, 7) is 0. The molecule has 0 spiro atoms. The highest BCUT2D eigenvalue weighted by Gasteiger charge is 2.22. The summed E-state index contributed by atoms with van der Waals surface area (Å²) in [6, 6.07) is 18.6. The molecule has 1 nitrogen and oxygen atoms in total. The van der Waals surface area contributed by atoms with Crippen LogP contribution < -0.4 is 0 Å². The van der Waals surface area contributed by atoms with Crippen molar-refractivity contribution in [2.24, 2.45) is 0 Å². The lowest BCUT2D eigenvalue weighted by atomic mass is 9.98. The second kappa shape index (κ2) is 3.61.